The van der Waals surface area contributed by atoms with E-state index in [-0.39, 0.29) is 11.5 Å². The summed E-state index contributed by atoms with van der Waals surface area (Å²) in [5.74, 6) is -1.52. The quantitative estimate of drug-likeness (QED) is 0.388. The van der Waals surface area contributed by atoms with Gasteiger partial charge in [0.2, 0.25) is 0 Å². The third-order valence-electron chi connectivity index (χ3n) is 4.21. The minimum atomic E-state index is -4.79. The molecule has 7 heteroatoms. The zero-order valence-electron chi connectivity index (χ0n) is 17.4. The van der Waals surface area contributed by atoms with Crippen molar-refractivity contribution >= 4 is 11.8 Å². The first kappa shape index (κ1) is 23.4. The molecule has 0 aromatic heterocycles. The van der Waals surface area contributed by atoms with Gasteiger partial charge in [0.15, 0.2) is 5.78 Å². The molecule has 162 valence electrons. The molecule has 1 atom stereocenters. The van der Waals surface area contributed by atoms with Gasteiger partial charge in [0.1, 0.15) is 11.4 Å². The molecule has 2 aromatic rings. The normalized spacial score (nSPS) is 12.9. The van der Waals surface area contributed by atoms with Crippen LogP contribution in [0.4, 0.5) is 13.2 Å². The third kappa shape index (κ3) is 6.90. The summed E-state index contributed by atoms with van der Waals surface area (Å²) in [7, 11) is 0. The Labute approximate surface area is 174 Å². The van der Waals surface area contributed by atoms with Crippen LogP contribution in [-0.4, -0.2) is 23.7 Å². The fourth-order valence-electron chi connectivity index (χ4n) is 2.95. The van der Waals surface area contributed by atoms with Gasteiger partial charge in [0, 0.05) is 11.5 Å². The van der Waals surface area contributed by atoms with Gasteiger partial charge < -0.3 is 9.47 Å². The average molecular weight is 422 g/mol. The highest BCUT2D eigenvalue weighted by molar-refractivity contribution is 6.01. The van der Waals surface area contributed by atoms with Crippen molar-refractivity contribution in [2.45, 2.75) is 58.4 Å². The Balaban J connectivity index is 2.20. The summed E-state index contributed by atoms with van der Waals surface area (Å²) in [5, 5.41) is 0. The van der Waals surface area contributed by atoms with Gasteiger partial charge in [-0.15, -0.1) is 13.2 Å². The number of ketones is 1. The van der Waals surface area contributed by atoms with Crippen LogP contribution in [0.15, 0.2) is 48.5 Å². The number of ether oxygens (including phenoxy) is 2. The van der Waals surface area contributed by atoms with E-state index in [4.69, 9.17) is 4.74 Å². The molecule has 30 heavy (non-hydrogen) atoms. The molecule has 0 saturated heterocycles. The highest BCUT2D eigenvalue weighted by atomic mass is 19.4. The van der Waals surface area contributed by atoms with E-state index in [2.05, 4.69) is 4.74 Å². The molecular weight excluding hydrogens is 397 g/mol. The number of hydrogen-bond donors (Lipinski definition) is 0. The van der Waals surface area contributed by atoms with Crippen molar-refractivity contribution in [3.63, 3.8) is 0 Å². The van der Waals surface area contributed by atoms with Crippen LogP contribution in [0.1, 0.15) is 72.7 Å². The number of esters is 1. The van der Waals surface area contributed by atoms with E-state index >= 15 is 0 Å². The molecule has 2 aromatic carbocycles. The van der Waals surface area contributed by atoms with Crippen molar-refractivity contribution in [3.05, 3.63) is 65.2 Å². The number of halogens is 3. The Morgan fingerprint density at radius 3 is 1.90 bits per heavy atom. The summed E-state index contributed by atoms with van der Waals surface area (Å²) in [5.41, 5.74) is 0.785. The SMILES string of the molecule is CCC[C@H](C(=O)c1ccc(OC(F)(F)F)cc1)c1ccc(C(=O)OC(C)(C)C)cc1. The first-order chi connectivity index (χ1) is 13.9. The zero-order chi connectivity index (χ0) is 22.5. The summed E-state index contributed by atoms with van der Waals surface area (Å²) in [6.07, 6.45) is -3.49. The zero-order valence-corrected chi connectivity index (χ0v) is 17.4. The van der Waals surface area contributed by atoms with Gasteiger partial charge in [0.25, 0.3) is 0 Å². The Morgan fingerprint density at radius 1 is 0.900 bits per heavy atom. The number of benzene rings is 2. The molecule has 0 radical (unpaired) electrons. The Kier molecular flexibility index (Phi) is 7.29. The third-order valence-corrected chi connectivity index (χ3v) is 4.21. The van der Waals surface area contributed by atoms with Gasteiger partial charge >= 0.3 is 12.3 Å². The summed E-state index contributed by atoms with van der Waals surface area (Å²) >= 11 is 0. The van der Waals surface area contributed by atoms with Crippen LogP contribution in [0.3, 0.4) is 0 Å². The number of carbonyl (C=O) groups is 2. The predicted molar refractivity (Wildman–Crippen MR) is 107 cm³/mol. The maximum Gasteiger partial charge on any atom is 0.573 e. The van der Waals surface area contributed by atoms with E-state index in [1.165, 1.54) is 12.1 Å². The van der Waals surface area contributed by atoms with Crippen molar-refractivity contribution in [3.8, 4) is 5.75 Å². The molecule has 0 spiro atoms. The van der Waals surface area contributed by atoms with Crippen LogP contribution in [-0.2, 0) is 4.74 Å². The first-order valence-electron chi connectivity index (χ1n) is 9.63. The van der Waals surface area contributed by atoms with E-state index < -0.39 is 23.9 Å². The van der Waals surface area contributed by atoms with Crippen molar-refractivity contribution in [1.82, 2.24) is 0 Å². The Morgan fingerprint density at radius 2 is 1.43 bits per heavy atom. The number of hydrogen-bond acceptors (Lipinski definition) is 4. The maximum absolute atomic E-state index is 13.0. The molecule has 0 bridgehead atoms. The maximum atomic E-state index is 13.0. The predicted octanol–water partition coefficient (Wildman–Crippen LogP) is 6.31. The fourth-order valence-corrected chi connectivity index (χ4v) is 2.95. The topological polar surface area (TPSA) is 52.6 Å². The van der Waals surface area contributed by atoms with Crippen molar-refractivity contribution in [1.29, 1.82) is 0 Å². The summed E-state index contributed by atoms with van der Waals surface area (Å²) in [6.45, 7) is 7.27. The molecule has 0 heterocycles. The lowest BCUT2D eigenvalue weighted by Gasteiger charge is -2.20. The molecule has 0 aliphatic carbocycles. The van der Waals surface area contributed by atoms with E-state index in [1.807, 2.05) is 6.92 Å². The summed E-state index contributed by atoms with van der Waals surface area (Å²) in [4.78, 5) is 25.2. The lowest BCUT2D eigenvalue weighted by Crippen LogP contribution is -2.23. The molecule has 4 nitrogen and oxygen atoms in total. The Bertz CT molecular complexity index is 863. The largest absolute Gasteiger partial charge is 0.573 e. The second kappa shape index (κ2) is 9.32. The van der Waals surface area contributed by atoms with E-state index in [9.17, 15) is 22.8 Å². The molecule has 0 amide bonds. The number of rotatable bonds is 7. The van der Waals surface area contributed by atoms with Crippen molar-refractivity contribution in [2.24, 2.45) is 0 Å². The summed E-state index contributed by atoms with van der Waals surface area (Å²) < 4.78 is 46.1. The van der Waals surface area contributed by atoms with Crippen LogP contribution >= 0.6 is 0 Å². The highest BCUT2D eigenvalue weighted by Gasteiger charge is 2.31. The molecule has 0 fully saturated rings. The number of carbonyl (C=O) groups excluding carboxylic acids is 2. The van der Waals surface area contributed by atoms with Crippen LogP contribution in [0.2, 0.25) is 0 Å². The van der Waals surface area contributed by atoms with Crippen molar-refractivity contribution in [2.75, 3.05) is 0 Å². The number of alkyl halides is 3. The monoisotopic (exact) mass is 422 g/mol. The van der Waals surface area contributed by atoms with Gasteiger partial charge in [0.05, 0.1) is 5.56 Å². The molecule has 0 aliphatic rings. The molecular formula is C23H25F3O4. The first-order valence-corrected chi connectivity index (χ1v) is 9.63. The van der Waals surface area contributed by atoms with Crippen molar-refractivity contribution < 1.29 is 32.2 Å². The van der Waals surface area contributed by atoms with E-state index in [1.54, 1.807) is 45.0 Å². The van der Waals surface area contributed by atoms with Gasteiger partial charge in [-0.1, -0.05) is 25.5 Å². The van der Waals surface area contributed by atoms with Gasteiger partial charge in [-0.2, -0.15) is 0 Å². The standard InChI is InChI=1S/C23H25F3O4/c1-5-6-19(15-7-9-17(10-8-15)21(28)30-22(2,3)4)20(27)16-11-13-18(14-12-16)29-23(24,25)26/h7-14,19H,5-6H2,1-4H3/t19-/m0/s1. The van der Waals surface area contributed by atoms with Gasteiger partial charge in [-0.25, -0.2) is 4.79 Å². The van der Waals surface area contributed by atoms with Crippen LogP contribution < -0.4 is 4.74 Å². The molecule has 0 aliphatic heterocycles. The highest BCUT2D eigenvalue weighted by Crippen LogP contribution is 2.28. The minimum Gasteiger partial charge on any atom is -0.456 e. The smallest absolute Gasteiger partial charge is 0.456 e. The minimum absolute atomic E-state index is 0.208. The van der Waals surface area contributed by atoms with Crippen LogP contribution in [0.5, 0.6) is 5.75 Å². The average Bonchev–Trinajstić information content (AvgIpc) is 2.64. The molecule has 0 N–H and O–H groups in total. The second-order valence-corrected chi connectivity index (χ2v) is 7.90. The van der Waals surface area contributed by atoms with Crippen LogP contribution in [0.25, 0.3) is 0 Å². The van der Waals surface area contributed by atoms with E-state index in [0.29, 0.717) is 17.5 Å². The molecule has 2 rings (SSSR count). The Hall–Kier alpha value is -2.83. The fraction of sp³-hybridized carbons (Fsp3) is 0.391. The van der Waals surface area contributed by atoms with E-state index in [0.717, 1.165) is 24.1 Å². The van der Waals surface area contributed by atoms with Gasteiger partial charge in [-0.05, 0) is 69.2 Å². The lowest BCUT2D eigenvalue weighted by atomic mass is 9.87. The molecule has 0 unspecified atom stereocenters. The van der Waals surface area contributed by atoms with Gasteiger partial charge in [-0.3, -0.25) is 4.79 Å². The second-order valence-electron chi connectivity index (χ2n) is 7.90. The van der Waals surface area contributed by atoms with Crippen LogP contribution in [0, 0.1) is 0 Å². The molecule has 0 saturated carbocycles. The lowest BCUT2D eigenvalue weighted by molar-refractivity contribution is -0.274. The number of Topliss-reactive ketones (excluding diaryl/α,β-unsaturated/α-hetero) is 1. The summed E-state index contributed by atoms with van der Waals surface area (Å²) in [6, 6.07) is 11.5.